The smallest absolute Gasteiger partial charge is 0.312 e. The van der Waals surface area contributed by atoms with Gasteiger partial charge in [0.15, 0.2) is 11.3 Å². The molecule has 3 aromatic rings. The van der Waals surface area contributed by atoms with Crippen molar-refractivity contribution < 1.29 is 81.8 Å². The Labute approximate surface area is 591 Å². The summed E-state index contributed by atoms with van der Waals surface area (Å²) in [6.07, 6.45) is 11.5. The molecule has 1 unspecified atom stereocenters. The number of piperidine rings is 1. The van der Waals surface area contributed by atoms with Crippen molar-refractivity contribution in [3.63, 3.8) is 0 Å². The number of methoxy groups -OCH3 is 1. The molecule has 27 nitrogen and oxygen atoms in total. The number of hydrogen-bond donors (Lipinski definition) is 9. The van der Waals surface area contributed by atoms with E-state index in [0.29, 0.717) is 63.0 Å². The van der Waals surface area contributed by atoms with Crippen LogP contribution in [0.5, 0.6) is 17.2 Å². The van der Waals surface area contributed by atoms with Crippen LogP contribution in [0.25, 0.3) is 33.3 Å². The molecule has 10 atom stereocenters. The molecule has 0 spiro atoms. The van der Waals surface area contributed by atoms with Crippen molar-refractivity contribution >= 4 is 92.2 Å². The van der Waals surface area contributed by atoms with Crippen LogP contribution >= 0.6 is 0 Å². The second-order valence-corrected chi connectivity index (χ2v) is 27.6. The molecule has 0 aromatic heterocycles. The Morgan fingerprint density at radius 1 is 0.882 bits per heavy atom. The van der Waals surface area contributed by atoms with Crippen molar-refractivity contribution in [3.8, 4) is 28.7 Å². The summed E-state index contributed by atoms with van der Waals surface area (Å²) in [5, 5.41) is 48.9. The number of rotatable bonds is 20. The lowest BCUT2D eigenvalue weighted by molar-refractivity contribution is -0.159. The van der Waals surface area contributed by atoms with Crippen LogP contribution in [0.4, 0.5) is 21.9 Å². The first-order chi connectivity index (χ1) is 48.4. The number of aliphatic hydroxyl groups is 1. The number of nitrogens with one attached hydrogen (secondary N) is 5. The molecule has 3 aromatic carbocycles. The summed E-state index contributed by atoms with van der Waals surface area (Å²) < 4.78 is 30.8. The number of phenols is 2. The SMILES string of the molecule is CO[C@H]1/C=C/O[C@@]2(C)Oc3c(C)c(O)c4c(=O)c(c5oc6cc(N7CCC(c8ccc(NC(=O)[C@H](CCCNC(N)=O)NC(=O)C(NC(=O)CCCCCN9C(=O)C=CC9=O)C(C)C)cc8)CC7)cc(O)c6nc-5c4c3C2=O)NC(=O)/C(C)=C\C=C\[C@H](C)C[C@@H](C)[C@@H](O)[C@@H](C)[C@H](OC(C)=O)[C@@H]1C. The molecule has 4 bridgehead atoms. The zero-order valence-electron chi connectivity index (χ0n) is 59.4. The molecule has 9 rings (SSSR count). The number of amides is 8. The lowest BCUT2D eigenvalue weighted by Gasteiger charge is -2.36. The number of nitrogens with zero attached hydrogens (tertiary/aromatic N) is 3. The predicted molar refractivity (Wildman–Crippen MR) is 380 cm³/mol. The number of fused-ring (bicyclic) bond motifs is 2. The van der Waals surface area contributed by atoms with Gasteiger partial charge in [-0.25, -0.2) is 9.78 Å². The summed E-state index contributed by atoms with van der Waals surface area (Å²) in [6, 6.07) is 7.69. The summed E-state index contributed by atoms with van der Waals surface area (Å²) in [6.45, 7) is 18.0. The van der Waals surface area contributed by atoms with E-state index >= 15 is 9.59 Å². The number of unbranched alkanes of at least 4 members (excludes halogenated alkanes) is 2. The number of ketones is 1. The van der Waals surface area contributed by atoms with E-state index in [9.17, 15) is 53.7 Å². The summed E-state index contributed by atoms with van der Waals surface area (Å²) in [5.41, 5.74) is 5.64. The Hall–Kier alpha value is -10.2. The van der Waals surface area contributed by atoms with E-state index < -0.39 is 100 Å². The molecule has 102 heavy (non-hydrogen) atoms. The second kappa shape index (κ2) is 32.7. The van der Waals surface area contributed by atoms with Crippen LogP contribution in [0, 0.1) is 36.5 Å². The number of Topliss-reactive ketones (excluding diaryl/α,β-unsaturated/α-hetero) is 1. The fourth-order valence-corrected chi connectivity index (χ4v) is 13.9. The minimum atomic E-state index is -2.13. The number of benzene rings is 4. The highest BCUT2D eigenvalue weighted by Crippen LogP contribution is 2.51. The summed E-state index contributed by atoms with van der Waals surface area (Å²) >= 11 is 0. The van der Waals surface area contributed by atoms with Crippen LogP contribution < -0.4 is 47.4 Å². The number of primary amides is 1. The molecule has 0 saturated carbocycles. The second-order valence-electron chi connectivity index (χ2n) is 27.6. The summed E-state index contributed by atoms with van der Waals surface area (Å²) in [5.74, 6) is -9.60. The van der Waals surface area contributed by atoms with Crippen molar-refractivity contribution in [2.75, 3.05) is 48.8 Å². The Morgan fingerprint density at radius 2 is 1.58 bits per heavy atom. The van der Waals surface area contributed by atoms with Crippen LogP contribution in [-0.4, -0.2) is 148 Å². The number of phenolic OH excluding ortho intramolecular Hbond substituents is 2. The molecule has 1 fully saturated rings. The average Bonchev–Trinajstić information content (AvgIpc) is 1.40. The van der Waals surface area contributed by atoms with Gasteiger partial charge in [-0.1, -0.05) is 78.3 Å². The molecular formula is C75H93N9O18. The number of hydrogen-bond acceptors (Lipinski definition) is 20. The first kappa shape index (κ1) is 76.0. The first-order valence-corrected chi connectivity index (χ1v) is 34.7. The minimum Gasteiger partial charge on any atom is -0.507 e. The molecule has 8 amide bonds. The van der Waals surface area contributed by atoms with Crippen LogP contribution in [0.1, 0.15) is 148 Å². The fourth-order valence-electron chi connectivity index (χ4n) is 13.9. The largest absolute Gasteiger partial charge is 0.507 e. The Bertz CT molecular complexity index is 4190. The third-order valence-electron chi connectivity index (χ3n) is 19.7. The van der Waals surface area contributed by atoms with E-state index in [0.717, 1.165) is 10.5 Å². The van der Waals surface area contributed by atoms with Gasteiger partial charge in [0.2, 0.25) is 23.2 Å². The topological polar surface area (TPSA) is 387 Å². The van der Waals surface area contributed by atoms with Crippen molar-refractivity contribution in [3.05, 3.63) is 112 Å². The van der Waals surface area contributed by atoms with Gasteiger partial charge >= 0.3 is 17.8 Å². The fraction of sp³-hybridized carbons (Fsp3) is 0.480. The van der Waals surface area contributed by atoms with E-state index in [-0.39, 0.29) is 135 Å². The number of nitrogens with two attached hydrogens (primary N) is 1. The van der Waals surface area contributed by atoms with Gasteiger partial charge in [0.25, 0.3) is 23.5 Å². The van der Waals surface area contributed by atoms with Gasteiger partial charge in [0, 0.05) is 118 Å². The molecule has 10 N–H and O–H groups in total. The van der Waals surface area contributed by atoms with E-state index in [1.807, 2.05) is 37.0 Å². The van der Waals surface area contributed by atoms with E-state index in [4.69, 9.17) is 34.1 Å². The van der Waals surface area contributed by atoms with Crippen molar-refractivity contribution in [2.24, 2.45) is 35.3 Å². The average molecular weight is 1410 g/mol. The lowest BCUT2D eigenvalue weighted by atomic mass is 9.79. The van der Waals surface area contributed by atoms with Crippen LogP contribution in [0.3, 0.4) is 0 Å². The number of allylic oxidation sites excluding steroid dienone is 3. The molecule has 546 valence electrons. The molecule has 27 heteroatoms. The monoisotopic (exact) mass is 1410 g/mol. The predicted octanol–water partition coefficient (Wildman–Crippen LogP) is 8.57. The highest BCUT2D eigenvalue weighted by molar-refractivity contribution is 6.22. The third-order valence-corrected chi connectivity index (χ3v) is 19.7. The lowest BCUT2D eigenvalue weighted by Crippen LogP contribution is -2.54. The molecule has 1 aliphatic carbocycles. The number of anilines is 3. The molecule has 5 heterocycles. The van der Waals surface area contributed by atoms with Gasteiger partial charge in [-0.05, 0) is 106 Å². The zero-order valence-corrected chi connectivity index (χ0v) is 59.4. The van der Waals surface area contributed by atoms with Gasteiger partial charge in [-0.3, -0.25) is 48.1 Å². The van der Waals surface area contributed by atoms with Crippen molar-refractivity contribution in [1.29, 1.82) is 0 Å². The van der Waals surface area contributed by atoms with Gasteiger partial charge in [0.05, 0.1) is 29.4 Å². The maximum atomic E-state index is 15.2. The molecule has 6 aliphatic rings. The number of carbonyl (C=O) groups excluding carboxylic acids is 9. The summed E-state index contributed by atoms with van der Waals surface area (Å²) in [4.78, 5) is 141. The number of aromatic nitrogens is 1. The normalized spacial score (nSPS) is 23.9. The Kier molecular flexibility index (Phi) is 24.3. The third kappa shape index (κ3) is 17.1. The first-order valence-electron chi connectivity index (χ1n) is 34.7. The molecule has 0 radical (unpaired) electrons. The highest BCUT2D eigenvalue weighted by Gasteiger charge is 2.50. The number of imide groups is 1. The maximum Gasteiger partial charge on any atom is 0.312 e. The molecule has 5 aliphatic heterocycles. The van der Waals surface area contributed by atoms with Crippen LogP contribution in [0.15, 0.2) is 93.9 Å². The zero-order chi connectivity index (χ0) is 74.2. The minimum absolute atomic E-state index is 0.00366. The van der Waals surface area contributed by atoms with Gasteiger partial charge in [-0.2, -0.15) is 0 Å². The molecule has 1 saturated heterocycles. The number of esters is 1. The number of aliphatic hydroxyl groups excluding tert-OH is 1. The van der Waals surface area contributed by atoms with Crippen LogP contribution in [0.2, 0.25) is 0 Å². The Morgan fingerprint density at radius 3 is 2.24 bits per heavy atom. The van der Waals surface area contributed by atoms with E-state index in [1.54, 1.807) is 65.0 Å². The standard InChI is InChI=1S/C75H93N9O18/c1-38(2)60(80-54(87)20-13-12-14-31-84-55(88)25-26-56(84)89)73(96)79-50(19-16-30-77-74(76)97)72(95)78-48-23-21-46(22-24-48)47-27-32-83(33-28-47)49-36-51(86)61-53(37-49)101-69-62(81-61)57-58-65(91)44(8)68-59(57)70(93)75(10,102-68)99-34-29-52(98-11)42(6)67(100-45(9)85)43(7)64(90)41(5)35-39(3)17-15-18-40(4)71(94)82-63(69)66(58)92/h15,17-18,21-26,29,34,36-39,41-43,47,50,52,60,64,67,86,90-91H,12-14,16,19-20,27-28,30-33,35H2,1-11H3,(H,78,95)(H,79,96)(H,80,87)(H,82,94)(H3,76,77,97)/b17-15+,34-29+,40-18-/t39-,41+,42+,43+,50-,52-,60?,64+,67+,75-/m0/s1. The molecular weight excluding hydrogens is 1310 g/mol. The van der Waals surface area contributed by atoms with Gasteiger partial charge < -0.3 is 75.9 Å². The maximum absolute atomic E-state index is 15.2. The van der Waals surface area contributed by atoms with Crippen molar-refractivity contribution in [1.82, 2.24) is 25.8 Å². The van der Waals surface area contributed by atoms with Gasteiger partial charge in [-0.15, -0.1) is 0 Å². The van der Waals surface area contributed by atoms with Crippen molar-refractivity contribution in [2.45, 2.75) is 169 Å². The number of ether oxygens (including phenoxy) is 4. The summed E-state index contributed by atoms with van der Waals surface area (Å²) in [7, 11) is 1.45. The highest BCUT2D eigenvalue weighted by atomic mass is 16.7. The van der Waals surface area contributed by atoms with E-state index in [2.05, 4.69) is 26.6 Å². The number of urea groups is 1. The van der Waals surface area contributed by atoms with Crippen LogP contribution in [-0.2, 0) is 47.8 Å². The number of aromatic hydroxyl groups is 2. The van der Waals surface area contributed by atoms with Gasteiger partial charge in [0.1, 0.15) is 52.3 Å². The Balaban J connectivity index is 0.949. The quantitative estimate of drug-likeness (QED) is 0.0116. The van der Waals surface area contributed by atoms with E-state index in [1.165, 1.54) is 58.4 Å². The number of carbonyl (C=O) groups is 9.